The molecule has 6 nitrogen and oxygen atoms in total. The van der Waals surface area contributed by atoms with Crippen molar-refractivity contribution in [1.82, 2.24) is 19.7 Å². The van der Waals surface area contributed by atoms with Gasteiger partial charge >= 0.3 is 0 Å². The minimum atomic E-state index is 0.268. The van der Waals surface area contributed by atoms with Crippen LogP contribution in [0.2, 0.25) is 0 Å². The fourth-order valence-electron chi connectivity index (χ4n) is 1.36. The maximum Gasteiger partial charge on any atom is 0.224 e. The second kappa shape index (κ2) is 2.83. The molecule has 0 aliphatic rings. The van der Waals surface area contributed by atoms with Crippen LogP contribution in [0.15, 0.2) is 6.20 Å². The Bertz CT molecular complexity index is 472. The third-order valence-corrected chi connectivity index (χ3v) is 2.01. The molecule has 0 fully saturated rings. The Balaban J connectivity index is 2.82. The van der Waals surface area contributed by atoms with Crippen molar-refractivity contribution in [3.8, 4) is 0 Å². The fourth-order valence-corrected chi connectivity index (χ4v) is 1.36. The molecule has 0 unspecified atom stereocenters. The third-order valence-electron chi connectivity index (χ3n) is 2.01. The van der Waals surface area contributed by atoms with Crippen LogP contribution in [0, 0.1) is 0 Å². The van der Waals surface area contributed by atoms with Crippen LogP contribution in [-0.2, 0) is 7.05 Å². The highest BCUT2D eigenvalue weighted by Gasteiger charge is 2.10. The van der Waals surface area contributed by atoms with E-state index in [0.29, 0.717) is 0 Å². The number of aryl methyl sites for hydroxylation is 1. The zero-order valence-corrected chi connectivity index (χ0v) is 8.39. The average molecular weight is 192 g/mol. The van der Waals surface area contributed by atoms with Gasteiger partial charge in [-0.15, -0.1) is 0 Å². The first-order valence-electron chi connectivity index (χ1n) is 4.22. The van der Waals surface area contributed by atoms with Crippen LogP contribution in [0.5, 0.6) is 0 Å². The first-order valence-corrected chi connectivity index (χ1v) is 4.22. The average Bonchev–Trinajstić information content (AvgIpc) is 2.47. The monoisotopic (exact) mass is 192 g/mol. The molecule has 14 heavy (non-hydrogen) atoms. The van der Waals surface area contributed by atoms with E-state index in [9.17, 15) is 0 Å². The number of hydrogen-bond acceptors (Lipinski definition) is 5. The maximum atomic E-state index is 5.60. The van der Waals surface area contributed by atoms with E-state index in [1.807, 2.05) is 26.0 Å². The van der Waals surface area contributed by atoms with E-state index in [1.165, 1.54) is 0 Å². The highest BCUT2D eigenvalue weighted by atomic mass is 15.3. The summed E-state index contributed by atoms with van der Waals surface area (Å²) in [6, 6.07) is 0. The van der Waals surface area contributed by atoms with Gasteiger partial charge in [0.1, 0.15) is 5.82 Å². The number of nitrogens with zero attached hydrogens (tertiary/aromatic N) is 5. The normalized spacial score (nSPS) is 10.8. The number of aromatic nitrogens is 4. The summed E-state index contributed by atoms with van der Waals surface area (Å²) in [5.74, 6) is 1.06. The van der Waals surface area contributed by atoms with Gasteiger partial charge in [-0.1, -0.05) is 0 Å². The molecule has 0 aliphatic carbocycles. The molecule has 2 rings (SSSR count). The van der Waals surface area contributed by atoms with Gasteiger partial charge in [-0.25, -0.2) is 0 Å². The summed E-state index contributed by atoms with van der Waals surface area (Å²) in [7, 11) is 5.65. The van der Waals surface area contributed by atoms with E-state index < -0.39 is 0 Å². The lowest BCUT2D eigenvalue weighted by molar-refractivity contribution is 0.786. The highest BCUT2D eigenvalue weighted by Crippen LogP contribution is 2.21. The van der Waals surface area contributed by atoms with Crippen molar-refractivity contribution in [1.29, 1.82) is 0 Å². The van der Waals surface area contributed by atoms with Gasteiger partial charge in [0.2, 0.25) is 5.95 Å². The SMILES string of the molecule is CN(C)c1nc(N)nc2c1cnn2C. The van der Waals surface area contributed by atoms with Gasteiger partial charge in [-0.2, -0.15) is 15.1 Å². The Morgan fingerprint density at radius 3 is 2.71 bits per heavy atom. The lowest BCUT2D eigenvalue weighted by Crippen LogP contribution is -2.13. The summed E-state index contributed by atoms with van der Waals surface area (Å²) < 4.78 is 1.68. The largest absolute Gasteiger partial charge is 0.368 e. The second-order valence-electron chi connectivity index (χ2n) is 3.31. The number of nitrogens with two attached hydrogens (primary N) is 1. The van der Waals surface area contributed by atoms with Gasteiger partial charge in [0, 0.05) is 21.1 Å². The van der Waals surface area contributed by atoms with Crippen LogP contribution in [-0.4, -0.2) is 33.8 Å². The summed E-state index contributed by atoms with van der Waals surface area (Å²) in [5, 5.41) is 5.02. The molecule has 0 radical (unpaired) electrons. The third kappa shape index (κ3) is 1.15. The summed E-state index contributed by atoms with van der Waals surface area (Å²) >= 11 is 0. The summed E-state index contributed by atoms with van der Waals surface area (Å²) in [6.07, 6.45) is 1.74. The minimum absolute atomic E-state index is 0.268. The first kappa shape index (κ1) is 8.74. The van der Waals surface area contributed by atoms with Crippen LogP contribution in [0.1, 0.15) is 0 Å². The van der Waals surface area contributed by atoms with E-state index in [-0.39, 0.29) is 5.95 Å². The van der Waals surface area contributed by atoms with Crippen molar-refractivity contribution in [3.63, 3.8) is 0 Å². The zero-order valence-electron chi connectivity index (χ0n) is 8.39. The van der Waals surface area contributed by atoms with Crippen LogP contribution in [0.4, 0.5) is 11.8 Å². The van der Waals surface area contributed by atoms with Crippen LogP contribution in [0.25, 0.3) is 11.0 Å². The van der Waals surface area contributed by atoms with Crippen molar-refractivity contribution >= 4 is 22.8 Å². The molecule has 0 bridgehead atoms. The number of rotatable bonds is 1. The van der Waals surface area contributed by atoms with Crippen molar-refractivity contribution in [2.24, 2.45) is 7.05 Å². The number of anilines is 2. The van der Waals surface area contributed by atoms with Gasteiger partial charge in [0.15, 0.2) is 5.65 Å². The smallest absolute Gasteiger partial charge is 0.224 e. The molecule has 0 saturated heterocycles. The molecule has 0 atom stereocenters. The van der Waals surface area contributed by atoms with Crippen LogP contribution in [0.3, 0.4) is 0 Å². The summed E-state index contributed by atoms with van der Waals surface area (Å²) in [5.41, 5.74) is 6.35. The van der Waals surface area contributed by atoms with Crippen molar-refractivity contribution in [2.75, 3.05) is 24.7 Å². The first-order chi connectivity index (χ1) is 6.59. The number of hydrogen-bond donors (Lipinski definition) is 1. The number of nitrogen functional groups attached to an aromatic ring is 1. The quantitative estimate of drug-likeness (QED) is 0.689. The Morgan fingerprint density at radius 1 is 1.36 bits per heavy atom. The fraction of sp³-hybridized carbons (Fsp3) is 0.375. The van der Waals surface area contributed by atoms with Gasteiger partial charge < -0.3 is 10.6 Å². The number of fused-ring (bicyclic) bond motifs is 1. The molecule has 0 spiro atoms. The second-order valence-corrected chi connectivity index (χ2v) is 3.31. The molecular formula is C8H12N6. The molecule has 6 heteroatoms. The lowest BCUT2D eigenvalue weighted by Gasteiger charge is -2.11. The van der Waals surface area contributed by atoms with E-state index in [1.54, 1.807) is 10.9 Å². The molecule has 2 N–H and O–H groups in total. The minimum Gasteiger partial charge on any atom is -0.368 e. The standard InChI is InChI=1S/C8H12N6/c1-13(2)6-5-4-10-14(3)7(5)12-8(9)11-6/h4H,1-3H3,(H2,9,11,12). The zero-order chi connectivity index (χ0) is 10.3. The topological polar surface area (TPSA) is 72.9 Å². The van der Waals surface area contributed by atoms with Crippen LogP contribution >= 0.6 is 0 Å². The Labute approximate surface area is 81.4 Å². The molecule has 2 heterocycles. The van der Waals surface area contributed by atoms with E-state index >= 15 is 0 Å². The lowest BCUT2D eigenvalue weighted by atomic mass is 10.4. The van der Waals surface area contributed by atoms with E-state index in [2.05, 4.69) is 15.1 Å². The molecule has 74 valence electrons. The van der Waals surface area contributed by atoms with Crippen LogP contribution < -0.4 is 10.6 Å². The molecular weight excluding hydrogens is 180 g/mol. The summed E-state index contributed by atoms with van der Waals surface area (Å²) in [6.45, 7) is 0. The molecule has 0 saturated carbocycles. The van der Waals surface area contributed by atoms with Gasteiger partial charge in [0.25, 0.3) is 0 Å². The molecule has 2 aromatic heterocycles. The maximum absolute atomic E-state index is 5.60. The molecule has 2 aromatic rings. The van der Waals surface area contributed by atoms with E-state index in [4.69, 9.17) is 5.73 Å². The predicted molar refractivity (Wildman–Crippen MR) is 55.0 cm³/mol. The Morgan fingerprint density at radius 2 is 2.07 bits per heavy atom. The predicted octanol–water partition coefficient (Wildman–Crippen LogP) is 0.0115. The van der Waals surface area contributed by atoms with E-state index in [0.717, 1.165) is 16.9 Å². The molecule has 0 amide bonds. The molecule has 0 aromatic carbocycles. The van der Waals surface area contributed by atoms with Crippen molar-refractivity contribution in [2.45, 2.75) is 0 Å². The van der Waals surface area contributed by atoms with Crippen molar-refractivity contribution < 1.29 is 0 Å². The van der Waals surface area contributed by atoms with Crippen molar-refractivity contribution in [3.05, 3.63) is 6.20 Å². The highest BCUT2D eigenvalue weighted by molar-refractivity contribution is 5.87. The Kier molecular flexibility index (Phi) is 1.77. The summed E-state index contributed by atoms with van der Waals surface area (Å²) in [4.78, 5) is 10.2. The van der Waals surface area contributed by atoms with Gasteiger partial charge in [-0.3, -0.25) is 4.68 Å². The molecule has 0 aliphatic heterocycles. The van der Waals surface area contributed by atoms with Gasteiger partial charge in [0.05, 0.1) is 11.6 Å². The van der Waals surface area contributed by atoms with Gasteiger partial charge in [-0.05, 0) is 0 Å². The Hall–Kier alpha value is -1.85.